The van der Waals surface area contributed by atoms with E-state index in [9.17, 15) is 0 Å². The second-order valence-electron chi connectivity index (χ2n) is 4.72. The van der Waals surface area contributed by atoms with E-state index in [0.717, 1.165) is 0 Å². The molecule has 80 valence electrons. The topological polar surface area (TPSA) is 0 Å². The van der Waals surface area contributed by atoms with Gasteiger partial charge in [0.15, 0.2) is 0 Å². The Labute approximate surface area is 101 Å². The molecule has 0 saturated heterocycles. The van der Waals surface area contributed by atoms with Crippen molar-refractivity contribution in [2.45, 2.75) is 29.1 Å². The normalized spacial score (nSPS) is 16.4. The van der Waals surface area contributed by atoms with Gasteiger partial charge in [0.25, 0.3) is 0 Å². The zero-order chi connectivity index (χ0) is 11.2. The van der Waals surface area contributed by atoms with Crippen molar-refractivity contribution in [3.63, 3.8) is 0 Å². The third-order valence-electron chi connectivity index (χ3n) is 3.34. The predicted octanol–water partition coefficient (Wildman–Crippen LogP) is 4.48. The first-order chi connectivity index (χ1) is 7.69. The monoisotopic (exact) mass is 226 g/mol. The Morgan fingerprint density at radius 2 is 1.19 bits per heavy atom. The molecule has 0 atom stereocenters. The summed E-state index contributed by atoms with van der Waals surface area (Å²) in [6.45, 7) is 4.62. The molecule has 1 heteroatoms. The van der Waals surface area contributed by atoms with Crippen LogP contribution in [0.4, 0.5) is 0 Å². The molecule has 0 spiro atoms. The van der Waals surface area contributed by atoms with E-state index in [0.29, 0.717) is 0 Å². The first-order valence-electron chi connectivity index (χ1n) is 5.56. The standard InChI is InChI=1S/C15H14S/c1-15(2)11-7-3-5-9-13(11)16-14-10-6-4-8-12(14)15/h3-10H,1-2H3. The van der Waals surface area contributed by atoms with Gasteiger partial charge in [0, 0.05) is 15.2 Å². The third kappa shape index (κ3) is 1.31. The van der Waals surface area contributed by atoms with E-state index >= 15 is 0 Å². The van der Waals surface area contributed by atoms with Gasteiger partial charge in [-0.1, -0.05) is 62.0 Å². The fraction of sp³-hybridized carbons (Fsp3) is 0.200. The molecule has 0 aromatic heterocycles. The quantitative estimate of drug-likeness (QED) is 0.638. The van der Waals surface area contributed by atoms with E-state index in [1.807, 2.05) is 11.8 Å². The van der Waals surface area contributed by atoms with Crippen LogP contribution in [-0.2, 0) is 5.41 Å². The average Bonchev–Trinajstić information content (AvgIpc) is 2.29. The van der Waals surface area contributed by atoms with E-state index in [1.54, 1.807) is 0 Å². The van der Waals surface area contributed by atoms with Crippen LogP contribution >= 0.6 is 11.8 Å². The summed E-state index contributed by atoms with van der Waals surface area (Å²) in [6.07, 6.45) is 0. The molecule has 3 rings (SSSR count). The van der Waals surface area contributed by atoms with Crippen LogP contribution in [0.5, 0.6) is 0 Å². The lowest BCUT2D eigenvalue weighted by Gasteiger charge is -2.34. The van der Waals surface area contributed by atoms with Crippen LogP contribution < -0.4 is 0 Å². The van der Waals surface area contributed by atoms with Gasteiger partial charge < -0.3 is 0 Å². The molecule has 0 nitrogen and oxygen atoms in total. The van der Waals surface area contributed by atoms with Gasteiger partial charge in [-0.2, -0.15) is 0 Å². The summed E-state index contributed by atoms with van der Waals surface area (Å²) in [5, 5.41) is 0. The number of hydrogen-bond donors (Lipinski definition) is 0. The molecule has 0 bridgehead atoms. The highest BCUT2D eigenvalue weighted by Gasteiger charge is 2.32. The predicted molar refractivity (Wildman–Crippen MR) is 69.1 cm³/mol. The minimum absolute atomic E-state index is 0.123. The second-order valence-corrected chi connectivity index (χ2v) is 5.80. The van der Waals surface area contributed by atoms with Crippen molar-refractivity contribution >= 4 is 11.8 Å². The fourth-order valence-corrected chi connectivity index (χ4v) is 3.80. The smallest absolute Gasteiger partial charge is 0.0168 e. The summed E-state index contributed by atoms with van der Waals surface area (Å²) in [7, 11) is 0. The molecule has 0 fully saturated rings. The van der Waals surface area contributed by atoms with Gasteiger partial charge in [0.1, 0.15) is 0 Å². The van der Waals surface area contributed by atoms with Crippen LogP contribution in [0.15, 0.2) is 58.3 Å². The summed E-state index contributed by atoms with van der Waals surface area (Å²) >= 11 is 1.88. The Kier molecular flexibility index (Phi) is 2.11. The number of rotatable bonds is 0. The summed E-state index contributed by atoms with van der Waals surface area (Å²) in [4.78, 5) is 2.79. The van der Waals surface area contributed by atoms with Crippen molar-refractivity contribution in [3.8, 4) is 0 Å². The SMILES string of the molecule is CC1(C)c2ccccc2Sc2ccccc21. The lowest BCUT2D eigenvalue weighted by Crippen LogP contribution is -2.23. The maximum absolute atomic E-state index is 2.31. The van der Waals surface area contributed by atoms with E-state index in [1.165, 1.54) is 20.9 Å². The van der Waals surface area contributed by atoms with Gasteiger partial charge in [-0.05, 0) is 23.3 Å². The first kappa shape index (κ1) is 9.98. The molecular formula is C15H14S. The van der Waals surface area contributed by atoms with Crippen molar-refractivity contribution in [2.75, 3.05) is 0 Å². The Morgan fingerprint density at radius 1 is 0.750 bits per heavy atom. The van der Waals surface area contributed by atoms with Crippen molar-refractivity contribution in [2.24, 2.45) is 0 Å². The number of hydrogen-bond acceptors (Lipinski definition) is 1. The van der Waals surface area contributed by atoms with Gasteiger partial charge >= 0.3 is 0 Å². The zero-order valence-corrected chi connectivity index (χ0v) is 10.3. The lowest BCUT2D eigenvalue weighted by molar-refractivity contribution is 0.607. The largest absolute Gasteiger partial charge is 0.0895 e. The fourth-order valence-electron chi connectivity index (χ4n) is 2.41. The molecule has 1 heterocycles. The maximum Gasteiger partial charge on any atom is 0.0168 e. The molecule has 0 unspecified atom stereocenters. The van der Waals surface area contributed by atoms with Crippen molar-refractivity contribution in [1.29, 1.82) is 0 Å². The van der Waals surface area contributed by atoms with E-state index < -0.39 is 0 Å². The molecule has 0 aliphatic carbocycles. The van der Waals surface area contributed by atoms with Crippen LogP contribution in [0, 0.1) is 0 Å². The van der Waals surface area contributed by atoms with Crippen molar-refractivity contribution < 1.29 is 0 Å². The van der Waals surface area contributed by atoms with Gasteiger partial charge in [0.05, 0.1) is 0 Å². The van der Waals surface area contributed by atoms with Crippen molar-refractivity contribution in [1.82, 2.24) is 0 Å². The molecule has 1 aliphatic rings. The van der Waals surface area contributed by atoms with Gasteiger partial charge in [-0.15, -0.1) is 0 Å². The molecule has 2 aromatic rings. The van der Waals surface area contributed by atoms with Crippen LogP contribution in [0.1, 0.15) is 25.0 Å². The van der Waals surface area contributed by atoms with Crippen LogP contribution in [-0.4, -0.2) is 0 Å². The molecule has 0 amide bonds. The van der Waals surface area contributed by atoms with Crippen molar-refractivity contribution in [3.05, 3.63) is 59.7 Å². The molecule has 16 heavy (non-hydrogen) atoms. The molecule has 1 aliphatic heterocycles. The van der Waals surface area contributed by atoms with E-state index in [4.69, 9.17) is 0 Å². The molecule has 0 saturated carbocycles. The minimum atomic E-state index is 0.123. The Balaban J connectivity index is 2.28. The van der Waals surface area contributed by atoms with Crippen LogP contribution in [0.3, 0.4) is 0 Å². The lowest BCUT2D eigenvalue weighted by atomic mass is 9.78. The van der Waals surface area contributed by atoms with E-state index in [-0.39, 0.29) is 5.41 Å². The summed E-state index contributed by atoms with van der Waals surface area (Å²) in [5.41, 5.74) is 3.01. The first-order valence-corrected chi connectivity index (χ1v) is 6.38. The molecule has 2 aromatic carbocycles. The summed E-state index contributed by atoms with van der Waals surface area (Å²) in [6, 6.07) is 17.4. The molecular weight excluding hydrogens is 212 g/mol. The van der Waals surface area contributed by atoms with Gasteiger partial charge in [0.2, 0.25) is 0 Å². The third-order valence-corrected chi connectivity index (χ3v) is 4.49. The van der Waals surface area contributed by atoms with Crippen LogP contribution in [0.2, 0.25) is 0 Å². The average molecular weight is 226 g/mol. The Hall–Kier alpha value is -1.21. The van der Waals surface area contributed by atoms with E-state index in [2.05, 4.69) is 62.4 Å². The highest BCUT2D eigenvalue weighted by atomic mass is 32.2. The van der Waals surface area contributed by atoms with Gasteiger partial charge in [-0.25, -0.2) is 0 Å². The number of fused-ring (bicyclic) bond motifs is 2. The molecule has 0 radical (unpaired) electrons. The highest BCUT2D eigenvalue weighted by molar-refractivity contribution is 7.99. The summed E-state index contributed by atoms with van der Waals surface area (Å²) in [5.74, 6) is 0. The maximum atomic E-state index is 2.31. The molecule has 0 N–H and O–H groups in total. The summed E-state index contributed by atoms with van der Waals surface area (Å²) < 4.78 is 0. The van der Waals surface area contributed by atoms with Crippen LogP contribution in [0.25, 0.3) is 0 Å². The highest BCUT2D eigenvalue weighted by Crippen LogP contribution is 2.48. The second kappa shape index (κ2) is 3.39. The Bertz CT molecular complexity index is 493. The minimum Gasteiger partial charge on any atom is -0.0895 e. The Morgan fingerprint density at radius 3 is 1.69 bits per heavy atom. The zero-order valence-electron chi connectivity index (χ0n) is 9.53. The number of benzene rings is 2. The van der Waals surface area contributed by atoms with Gasteiger partial charge in [-0.3, -0.25) is 0 Å².